The molecule has 0 radical (unpaired) electrons. The summed E-state index contributed by atoms with van der Waals surface area (Å²) in [6, 6.07) is 6.47. The predicted molar refractivity (Wildman–Crippen MR) is 85.3 cm³/mol. The Kier molecular flexibility index (Phi) is 4.79. The van der Waals surface area contributed by atoms with Crippen LogP contribution in [0.3, 0.4) is 0 Å². The maximum absolute atomic E-state index is 13.6. The van der Waals surface area contributed by atoms with Crippen LogP contribution in [0.15, 0.2) is 28.7 Å². The summed E-state index contributed by atoms with van der Waals surface area (Å²) >= 11 is 3.10. The van der Waals surface area contributed by atoms with Crippen LogP contribution in [0.25, 0.3) is 0 Å². The first-order valence-electron chi connectivity index (χ1n) is 6.77. The summed E-state index contributed by atoms with van der Waals surface area (Å²) in [4.78, 5) is 0. The van der Waals surface area contributed by atoms with E-state index in [2.05, 4.69) is 35.0 Å². The molecule has 0 aliphatic rings. The van der Waals surface area contributed by atoms with E-state index in [1.165, 1.54) is 22.8 Å². The van der Waals surface area contributed by atoms with Crippen LogP contribution in [-0.4, -0.2) is 0 Å². The monoisotopic (exact) mass is 353 g/mol. The Morgan fingerprint density at radius 2 is 1.67 bits per heavy atom. The zero-order valence-electron chi connectivity index (χ0n) is 12.3. The van der Waals surface area contributed by atoms with Gasteiger partial charge in [-0.1, -0.05) is 23.8 Å². The summed E-state index contributed by atoms with van der Waals surface area (Å²) in [5, 5.41) is 0. The van der Waals surface area contributed by atoms with Crippen LogP contribution in [0.1, 0.15) is 33.9 Å². The third-order valence-corrected chi connectivity index (χ3v) is 4.53. The second-order valence-corrected chi connectivity index (χ2v) is 6.25. The number of hydrogen-bond acceptors (Lipinski definition) is 1. The zero-order chi connectivity index (χ0) is 15.7. The molecule has 0 aliphatic heterocycles. The highest BCUT2D eigenvalue weighted by atomic mass is 79.9. The molecule has 0 aliphatic carbocycles. The molecule has 0 spiro atoms. The molecule has 2 N–H and O–H groups in total. The van der Waals surface area contributed by atoms with Gasteiger partial charge in [-0.2, -0.15) is 0 Å². The first-order valence-corrected chi connectivity index (χ1v) is 7.56. The van der Waals surface area contributed by atoms with Crippen molar-refractivity contribution in [2.75, 3.05) is 0 Å². The topological polar surface area (TPSA) is 26.0 Å². The number of benzene rings is 2. The van der Waals surface area contributed by atoms with E-state index >= 15 is 0 Å². The normalized spacial score (nSPS) is 12.5. The van der Waals surface area contributed by atoms with Gasteiger partial charge in [0.25, 0.3) is 0 Å². The van der Waals surface area contributed by atoms with Gasteiger partial charge in [-0.3, -0.25) is 0 Å². The van der Waals surface area contributed by atoms with Gasteiger partial charge < -0.3 is 5.73 Å². The largest absolute Gasteiger partial charge is 0.324 e. The predicted octanol–water partition coefficient (Wildman–Crippen LogP) is 4.90. The van der Waals surface area contributed by atoms with Crippen molar-refractivity contribution < 1.29 is 8.78 Å². The van der Waals surface area contributed by atoms with Crippen molar-refractivity contribution in [2.24, 2.45) is 5.73 Å². The van der Waals surface area contributed by atoms with E-state index in [9.17, 15) is 8.78 Å². The molecule has 4 heteroatoms. The average molecular weight is 354 g/mol. The fourth-order valence-corrected chi connectivity index (χ4v) is 3.30. The van der Waals surface area contributed by atoms with Crippen molar-refractivity contribution in [1.29, 1.82) is 0 Å². The standard InChI is InChI=1S/C17H18BrF2N/c1-9-6-10(2)13(11(3)7-9)8-15(21)12-4-5-14(19)17(20)16(12)18/h4-7,15H,8,21H2,1-3H3. The molecular formula is C17H18BrF2N. The van der Waals surface area contributed by atoms with Gasteiger partial charge in [-0.25, -0.2) is 8.78 Å². The van der Waals surface area contributed by atoms with Gasteiger partial charge >= 0.3 is 0 Å². The highest BCUT2D eigenvalue weighted by Gasteiger charge is 2.18. The van der Waals surface area contributed by atoms with Gasteiger partial charge in [0.1, 0.15) is 0 Å². The van der Waals surface area contributed by atoms with Crippen LogP contribution < -0.4 is 5.73 Å². The van der Waals surface area contributed by atoms with Crippen molar-refractivity contribution in [3.05, 3.63) is 68.2 Å². The van der Waals surface area contributed by atoms with E-state index < -0.39 is 17.7 Å². The van der Waals surface area contributed by atoms with Gasteiger partial charge in [0.2, 0.25) is 0 Å². The smallest absolute Gasteiger partial charge is 0.173 e. The Morgan fingerprint density at radius 3 is 2.24 bits per heavy atom. The molecule has 0 amide bonds. The Morgan fingerprint density at radius 1 is 1.10 bits per heavy atom. The first-order chi connectivity index (χ1) is 9.81. The third kappa shape index (κ3) is 3.33. The maximum atomic E-state index is 13.6. The number of hydrogen-bond donors (Lipinski definition) is 1. The summed E-state index contributed by atoms with van der Waals surface area (Å²) in [6.45, 7) is 6.14. The minimum absolute atomic E-state index is 0.109. The van der Waals surface area contributed by atoms with Gasteiger partial charge in [0.15, 0.2) is 11.6 Å². The van der Waals surface area contributed by atoms with Crippen LogP contribution in [0.2, 0.25) is 0 Å². The zero-order valence-corrected chi connectivity index (χ0v) is 13.9. The van der Waals surface area contributed by atoms with E-state index in [-0.39, 0.29) is 4.47 Å². The third-order valence-electron chi connectivity index (χ3n) is 3.73. The van der Waals surface area contributed by atoms with E-state index in [4.69, 9.17) is 5.73 Å². The highest BCUT2D eigenvalue weighted by molar-refractivity contribution is 9.10. The first kappa shape index (κ1) is 16.1. The summed E-state index contributed by atoms with van der Waals surface area (Å²) in [5.74, 6) is -1.76. The van der Waals surface area contributed by atoms with E-state index in [1.54, 1.807) is 0 Å². The van der Waals surface area contributed by atoms with Crippen molar-refractivity contribution >= 4 is 15.9 Å². The SMILES string of the molecule is Cc1cc(C)c(CC(N)c2ccc(F)c(F)c2Br)c(C)c1. The molecule has 1 unspecified atom stereocenters. The van der Waals surface area contributed by atoms with Gasteiger partial charge in [0, 0.05) is 6.04 Å². The van der Waals surface area contributed by atoms with E-state index in [1.807, 2.05) is 13.8 Å². The summed E-state index contributed by atoms with van der Waals surface area (Å²) in [5.41, 5.74) is 11.5. The van der Waals surface area contributed by atoms with Crippen LogP contribution in [0.4, 0.5) is 8.78 Å². The molecule has 1 atom stereocenters. The van der Waals surface area contributed by atoms with E-state index in [0.717, 1.165) is 11.6 Å². The molecule has 112 valence electrons. The summed E-state index contributed by atoms with van der Waals surface area (Å²) in [7, 11) is 0. The fraction of sp³-hybridized carbons (Fsp3) is 0.294. The van der Waals surface area contributed by atoms with Gasteiger partial charge in [0.05, 0.1) is 4.47 Å². The molecule has 2 rings (SSSR count). The molecule has 0 aromatic heterocycles. The Bertz CT molecular complexity index is 660. The van der Waals surface area contributed by atoms with Crippen LogP contribution >= 0.6 is 15.9 Å². The molecule has 0 saturated heterocycles. The number of nitrogens with two attached hydrogens (primary N) is 1. The Hall–Kier alpha value is -1.26. The van der Waals surface area contributed by atoms with Gasteiger partial charge in [-0.05, 0) is 71.4 Å². The molecule has 2 aromatic rings. The molecule has 0 saturated carbocycles. The lowest BCUT2D eigenvalue weighted by Crippen LogP contribution is -2.16. The highest BCUT2D eigenvalue weighted by Crippen LogP contribution is 2.30. The lowest BCUT2D eigenvalue weighted by atomic mass is 9.92. The van der Waals surface area contributed by atoms with Crippen molar-refractivity contribution in [2.45, 2.75) is 33.2 Å². The molecule has 0 heterocycles. The van der Waals surface area contributed by atoms with Crippen LogP contribution in [0, 0.1) is 32.4 Å². The Balaban J connectivity index is 2.35. The molecule has 0 bridgehead atoms. The Labute approximate surface area is 132 Å². The minimum Gasteiger partial charge on any atom is -0.324 e. The van der Waals surface area contributed by atoms with E-state index in [0.29, 0.717) is 12.0 Å². The number of halogens is 3. The summed E-state index contributed by atoms with van der Waals surface area (Å²) < 4.78 is 26.9. The summed E-state index contributed by atoms with van der Waals surface area (Å²) in [6.07, 6.45) is 0.585. The molecule has 21 heavy (non-hydrogen) atoms. The van der Waals surface area contributed by atoms with Crippen molar-refractivity contribution in [1.82, 2.24) is 0 Å². The maximum Gasteiger partial charge on any atom is 0.173 e. The van der Waals surface area contributed by atoms with Crippen molar-refractivity contribution in [3.8, 4) is 0 Å². The van der Waals surface area contributed by atoms with Gasteiger partial charge in [-0.15, -0.1) is 0 Å². The number of aryl methyl sites for hydroxylation is 3. The van der Waals surface area contributed by atoms with Crippen LogP contribution in [0.5, 0.6) is 0 Å². The molecule has 1 nitrogen and oxygen atoms in total. The minimum atomic E-state index is -0.889. The quantitative estimate of drug-likeness (QED) is 0.780. The lowest BCUT2D eigenvalue weighted by molar-refractivity contribution is 0.500. The molecule has 2 aromatic carbocycles. The second-order valence-electron chi connectivity index (χ2n) is 5.45. The molecule has 0 fully saturated rings. The number of rotatable bonds is 3. The van der Waals surface area contributed by atoms with Crippen LogP contribution in [-0.2, 0) is 6.42 Å². The lowest BCUT2D eigenvalue weighted by Gasteiger charge is -2.18. The fourth-order valence-electron chi connectivity index (χ4n) is 2.69. The molecular weight excluding hydrogens is 336 g/mol. The van der Waals surface area contributed by atoms with Crippen molar-refractivity contribution in [3.63, 3.8) is 0 Å². The second kappa shape index (κ2) is 6.24. The average Bonchev–Trinajstić information content (AvgIpc) is 2.40.